The lowest BCUT2D eigenvalue weighted by molar-refractivity contribution is 0.410. The van der Waals surface area contributed by atoms with Gasteiger partial charge in [0.15, 0.2) is 11.5 Å². The zero-order valence-corrected chi connectivity index (χ0v) is 15.5. The van der Waals surface area contributed by atoms with Gasteiger partial charge < -0.3 is 9.47 Å². The second-order valence-corrected chi connectivity index (χ2v) is 6.55. The van der Waals surface area contributed by atoms with E-state index in [1.807, 2.05) is 37.3 Å². The fourth-order valence-corrected chi connectivity index (χ4v) is 2.97. The van der Waals surface area contributed by atoms with Gasteiger partial charge in [-0.05, 0) is 68.5 Å². The Morgan fingerprint density at radius 3 is 1.28 bits per heavy atom. The molecule has 128 valence electrons. The van der Waals surface area contributed by atoms with Crippen molar-refractivity contribution in [1.29, 1.82) is 0 Å². The van der Waals surface area contributed by atoms with E-state index in [1.54, 1.807) is 0 Å². The summed E-state index contributed by atoms with van der Waals surface area (Å²) in [4.78, 5) is 0. The average Bonchev–Trinajstić information content (AvgIpc) is 2.56. The predicted molar refractivity (Wildman–Crippen MR) is 103 cm³/mol. The van der Waals surface area contributed by atoms with Gasteiger partial charge in [0.1, 0.15) is 11.5 Å². The highest BCUT2D eigenvalue weighted by Crippen LogP contribution is 2.40. The third-order valence-corrected chi connectivity index (χ3v) is 4.41. The van der Waals surface area contributed by atoms with Crippen LogP contribution in [-0.4, -0.2) is 0 Å². The van der Waals surface area contributed by atoms with Gasteiger partial charge in [-0.2, -0.15) is 0 Å². The first-order valence-electron chi connectivity index (χ1n) is 8.55. The van der Waals surface area contributed by atoms with Crippen LogP contribution in [0.2, 0.25) is 0 Å². The predicted octanol–water partition coefficient (Wildman–Crippen LogP) is 6.81. The molecule has 3 aromatic rings. The molecule has 25 heavy (non-hydrogen) atoms. The number of ether oxygens (including phenoxy) is 2. The molecule has 3 aromatic carbocycles. The summed E-state index contributed by atoms with van der Waals surface area (Å²) in [5.41, 5.74) is 5.49. The molecule has 0 saturated carbocycles. The fraction of sp³-hybridized carbons (Fsp3) is 0.217. The van der Waals surface area contributed by atoms with Crippen molar-refractivity contribution in [2.75, 3.05) is 0 Å². The third-order valence-electron chi connectivity index (χ3n) is 4.41. The van der Waals surface area contributed by atoms with Crippen LogP contribution in [0.1, 0.15) is 27.8 Å². The minimum atomic E-state index is 0.736. The Morgan fingerprint density at radius 2 is 0.800 bits per heavy atom. The van der Waals surface area contributed by atoms with Gasteiger partial charge in [-0.1, -0.05) is 48.5 Å². The van der Waals surface area contributed by atoms with Crippen LogP contribution in [0, 0.1) is 34.6 Å². The van der Waals surface area contributed by atoms with Gasteiger partial charge in [0, 0.05) is 0 Å². The van der Waals surface area contributed by atoms with Crippen LogP contribution in [0.15, 0.2) is 54.6 Å². The summed E-state index contributed by atoms with van der Waals surface area (Å²) < 4.78 is 12.6. The molecule has 3 rings (SSSR count). The molecule has 0 heterocycles. The van der Waals surface area contributed by atoms with Gasteiger partial charge in [-0.15, -0.1) is 0 Å². The fourth-order valence-electron chi connectivity index (χ4n) is 2.97. The van der Waals surface area contributed by atoms with Gasteiger partial charge >= 0.3 is 0 Å². The number of rotatable bonds is 4. The zero-order valence-electron chi connectivity index (χ0n) is 15.5. The van der Waals surface area contributed by atoms with Gasteiger partial charge in [-0.3, -0.25) is 0 Å². The molecular weight excluding hydrogens is 308 g/mol. The minimum Gasteiger partial charge on any atom is -0.453 e. The van der Waals surface area contributed by atoms with Crippen molar-refractivity contribution in [2.45, 2.75) is 34.6 Å². The van der Waals surface area contributed by atoms with E-state index in [4.69, 9.17) is 9.47 Å². The summed E-state index contributed by atoms with van der Waals surface area (Å²) in [6, 6.07) is 18.3. The normalized spacial score (nSPS) is 10.6. The van der Waals surface area contributed by atoms with E-state index in [0.29, 0.717) is 0 Å². The monoisotopic (exact) mass is 332 g/mol. The molecule has 0 radical (unpaired) electrons. The molecule has 0 aromatic heterocycles. The molecule has 0 spiro atoms. The molecule has 0 aliphatic carbocycles. The summed E-state index contributed by atoms with van der Waals surface area (Å²) >= 11 is 0. The Balaban J connectivity index is 2.04. The number of hydrogen-bond donors (Lipinski definition) is 0. The van der Waals surface area contributed by atoms with Crippen LogP contribution in [-0.2, 0) is 0 Å². The second-order valence-electron chi connectivity index (χ2n) is 6.55. The third kappa shape index (κ3) is 3.53. The van der Waals surface area contributed by atoms with E-state index in [1.165, 1.54) is 0 Å². The standard InChI is InChI=1S/C23H24O2/c1-15-9-6-10-16(2)21(15)24-20-14-8-13-19(5)23(20)25-22-17(3)11-7-12-18(22)4/h6-14H,1-5H3. The minimum absolute atomic E-state index is 0.736. The smallest absolute Gasteiger partial charge is 0.172 e. The summed E-state index contributed by atoms with van der Waals surface area (Å²) in [5, 5.41) is 0. The molecule has 0 N–H and O–H groups in total. The lowest BCUT2D eigenvalue weighted by atomic mass is 10.1. The lowest BCUT2D eigenvalue weighted by Gasteiger charge is -2.18. The average molecular weight is 332 g/mol. The van der Waals surface area contributed by atoms with Crippen molar-refractivity contribution >= 4 is 0 Å². The van der Waals surface area contributed by atoms with E-state index in [2.05, 4.69) is 52.0 Å². The van der Waals surface area contributed by atoms with E-state index < -0.39 is 0 Å². The lowest BCUT2D eigenvalue weighted by Crippen LogP contribution is -1.97. The molecule has 0 atom stereocenters. The van der Waals surface area contributed by atoms with E-state index in [9.17, 15) is 0 Å². The Bertz CT molecular complexity index is 869. The largest absolute Gasteiger partial charge is 0.453 e. The van der Waals surface area contributed by atoms with Crippen molar-refractivity contribution in [3.05, 3.63) is 82.4 Å². The Morgan fingerprint density at radius 1 is 0.440 bits per heavy atom. The van der Waals surface area contributed by atoms with E-state index in [-0.39, 0.29) is 0 Å². The van der Waals surface area contributed by atoms with Crippen molar-refractivity contribution in [3.63, 3.8) is 0 Å². The van der Waals surface area contributed by atoms with Crippen LogP contribution >= 0.6 is 0 Å². The van der Waals surface area contributed by atoms with Gasteiger partial charge in [-0.25, -0.2) is 0 Å². The van der Waals surface area contributed by atoms with Gasteiger partial charge in [0.25, 0.3) is 0 Å². The maximum Gasteiger partial charge on any atom is 0.172 e. The van der Waals surface area contributed by atoms with Crippen LogP contribution in [0.5, 0.6) is 23.0 Å². The highest BCUT2D eigenvalue weighted by Gasteiger charge is 2.15. The van der Waals surface area contributed by atoms with Crippen LogP contribution in [0.25, 0.3) is 0 Å². The van der Waals surface area contributed by atoms with Gasteiger partial charge in [0.05, 0.1) is 0 Å². The number of para-hydroxylation sites is 3. The molecule has 2 nitrogen and oxygen atoms in total. The van der Waals surface area contributed by atoms with E-state index >= 15 is 0 Å². The SMILES string of the molecule is Cc1cccc(C)c1Oc1cccc(C)c1Oc1c(C)cccc1C. The number of benzene rings is 3. The molecule has 0 bridgehead atoms. The Kier molecular flexibility index (Phi) is 4.80. The molecule has 0 aliphatic rings. The highest BCUT2D eigenvalue weighted by molar-refractivity contribution is 5.53. The maximum absolute atomic E-state index is 6.33. The summed E-state index contributed by atoms with van der Waals surface area (Å²) in [6.45, 7) is 10.3. The topological polar surface area (TPSA) is 18.5 Å². The zero-order chi connectivity index (χ0) is 18.0. The van der Waals surface area contributed by atoms with Crippen molar-refractivity contribution in [3.8, 4) is 23.0 Å². The summed E-state index contributed by atoms with van der Waals surface area (Å²) in [6.07, 6.45) is 0. The second kappa shape index (κ2) is 7.02. The Labute approximate surface area is 150 Å². The van der Waals surface area contributed by atoms with Crippen LogP contribution in [0.3, 0.4) is 0 Å². The molecule has 0 fully saturated rings. The van der Waals surface area contributed by atoms with Crippen LogP contribution in [0.4, 0.5) is 0 Å². The van der Waals surface area contributed by atoms with Crippen molar-refractivity contribution in [1.82, 2.24) is 0 Å². The highest BCUT2D eigenvalue weighted by atomic mass is 16.5. The quantitative estimate of drug-likeness (QED) is 0.522. The van der Waals surface area contributed by atoms with Crippen LogP contribution < -0.4 is 9.47 Å². The number of aryl methyl sites for hydroxylation is 5. The molecule has 0 unspecified atom stereocenters. The molecule has 0 amide bonds. The number of hydrogen-bond acceptors (Lipinski definition) is 2. The Hall–Kier alpha value is -2.74. The van der Waals surface area contributed by atoms with Crippen molar-refractivity contribution < 1.29 is 9.47 Å². The summed E-state index contributed by atoms with van der Waals surface area (Å²) in [7, 11) is 0. The summed E-state index contributed by atoms with van der Waals surface area (Å²) in [5.74, 6) is 3.28. The maximum atomic E-state index is 6.33. The van der Waals surface area contributed by atoms with Crippen molar-refractivity contribution in [2.24, 2.45) is 0 Å². The van der Waals surface area contributed by atoms with E-state index in [0.717, 1.165) is 50.8 Å². The molecule has 2 heteroatoms. The first-order chi connectivity index (χ1) is 12.0. The molecule has 0 aliphatic heterocycles. The first-order valence-corrected chi connectivity index (χ1v) is 8.55. The first kappa shape index (κ1) is 17.1. The molecular formula is C23H24O2. The molecule has 0 saturated heterocycles. The van der Waals surface area contributed by atoms with Gasteiger partial charge in [0.2, 0.25) is 0 Å².